The highest BCUT2D eigenvalue weighted by Gasteiger charge is 2.44. The molecule has 2 atom stereocenters. The normalized spacial score (nSPS) is 15.7. The first kappa shape index (κ1) is 30.8. The molecule has 0 spiro atoms. The largest absolute Gasteiger partial charge is 0.504 e. The lowest BCUT2D eigenvalue weighted by atomic mass is 9.88. The number of fused-ring (bicyclic) bond motifs is 1. The Morgan fingerprint density at radius 2 is 1.40 bits per heavy atom. The number of aliphatic hydroxyl groups is 1. The fraction of sp³-hybridized carbons (Fsp3) is 0.250. The van der Waals surface area contributed by atoms with Gasteiger partial charge in [0.2, 0.25) is 0 Å². The standard InChI is InChI=1S/C32H32O11/c1-38-23-13-18(8-9-26(34)41-4)11-20(28(23)35)21-15-19(16-24(39-2)29(21)36)30-27(32(37)42-5)22-12-17(7-6-10-33)14-25(40-3)31(22)43-30/h6-9,11-16,27,30,33,35-36H,10H2,1-5H3/b7-6+,9-8+/t27-,30+/m1/s1. The molecule has 226 valence electrons. The second-order valence-corrected chi connectivity index (χ2v) is 9.36. The number of hydrogen-bond donors (Lipinski definition) is 3. The quantitative estimate of drug-likeness (QED) is 0.227. The van der Waals surface area contributed by atoms with Crippen LogP contribution in [0.25, 0.3) is 23.3 Å². The van der Waals surface area contributed by atoms with Crippen molar-refractivity contribution in [2.75, 3.05) is 42.2 Å². The predicted molar refractivity (Wildman–Crippen MR) is 157 cm³/mol. The van der Waals surface area contributed by atoms with Gasteiger partial charge in [0.1, 0.15) is 12.0 Å². The molecule has 0 unspecified atom stereocenters. The van der Waals surface area contributed by atoms with Crippen LogP contribution in [-0.4, -0.2) is 69.4 Å². The number of rotatable bonds is 10. The van der Waals surface area contributed by atoms with Gasteiger partial charge in [-0.15, -0.1) is 0 Å². The molecule has 3 aromatic rings. The third kappa shape index (κ3) is 6.07. The molecule has 0 radical (unpaired) electrons. The number of phenolic OH excluding ortho intramolecular Hbond substituents is 2. The van der Waals surface area contributed by atoms with E-state index in [0.717, 1.165) is 0 Å². The summed E-state index contributed by atoms with van der Waals surface area (Å²) >= 11 is 0. The molecule has 0 saturated carbocycles. The molecule has 0 fully saturated rings. The highest BCUT2D eigenvalue weighted by atomic mass is 16.5. The zero-order valence-electron chi connectivity index (χ0n) is 24.2. The van der Waals surface area contributed by atoms with Gasteiger partial charge < -0.3 is 43.7 Å². The molecule has 0 bridgehead atoms. The summed E-state index contributed by atoms with van der Waals surface area (Å²) in [5.74, 6) is -1.87. The van der Waals surface area contributed by atoms with Crippen LogP contribution in [0.2, 0.25) is 0 Å². The maximum Gasteiger partial charge on any atom is 0.330 e. The van der Waals surface area contributed by atoms with Crippen LogP contribution in [0.4, 0.5) is 0 Å². The Bertz CT molecular complexity index is 1590. The number of benzene rings is 3. The Labute approximate surface area is 248 Å². The van der Waals surface area contributed by atoms with E-state index >= 15 is 0 Å². The van der Waals surface area contributed by atoms with Crippen molar-refractivity contribution in [3.63, 3.8) is 0 Å². The van der Waals surface area contributed by atoms with E-state index in [1.165, 1.54) is 59.8 Å². The van der Waals surface area contributed by atoms with E-state index in [2.05, 4.69) is 4.74 Å². The Morgan fingerprint density at radius 1 is 0.791 bits per heavy atom. The third-order valence-electron chi connectivity index (χ3n) is 6.95. The molecule has 3 N–H and O–H groups in total. The molecule has 3 aromatic carbocycles. The van der Waals surface area contributed by atoms with E-state index in [9.17, 15) is 24.9 Å². The second-order valence-electron chi connectivity index (χ2n) is 9.36. The summed E-state index contributed by atoms with van der Waals surface area (Å²) < 4.78 is 32.5. The van der Waals surface area contributed by atoms with E-state index in [4.69, 9.17) is 23.7 Å². The summed E-state index contributed by atoms with van der Waals surface area (Å²) in [6, 6.07) is 9.60. The minimum atomic E-state index is -0.951. The van der Waals surface area contributed by atoms with Crippen LogP contribution in [0.1, 0.15) is 34.3 Å². The second kappa shape index (κ2) is 13.2. The molecule has 0 saturated heterocycles. The predicted octanol–water partition coefficient (Wildman–Crippen LogP) is 4.37. The van der Waals surface area contributed by atoms with Gasteiger partial charge in [0.05, 0.1) is 42.2 Å². The first-order valence-electron chi connectivity index (χ1n) is 13.0. The Hall–Kier alpha value is -5.16. The molecular weight excluding hydrogens is 560 g/mol. The van der Waals surface area contributed by atoms with Gasteiger partial charge >= 0.3 is 11.9 Å². The summed E-state index contributed by atoms with van der Waals surface area (Å²) in [4.78, 5) is 24.9. The zero-order valence-corrected chi connectivity index (χ0v) is 24.2. The van der Waals surface area contributed by atoms with Gasteiger partial charge in [0.25, 0.3) is 0 Å². The molecule has 4 rings (SSSR count). The molecule has 11 heteroatoms. The van der Waals surface area contributed by atoms with Crippen molar-refractivity contribution >= 4 is 24.1 Å². The minimum absolute atomic E-state index is 0.0445. The van der Waals surface area contributed by atoms with Crippen LogP contribution in [0.15, 0.2) is 48.6 Å². The van der Waals surface area contributed by atoms with Gasteiger partial charge in [-0.1, -0.05) is 12.2 Å². The van der Waals surface area contributed by atoms with Crippen LogP contribution in [-0.2, 0) is 19.1 Å². The Morgan fingerprint density at radius 3 is 2.00 bits per heavy atom. The van der Waals surface area contributed by atoms with E-state index < -0.39 is 24.0 Å². The number of phenols is 2. The summed E-state index contributed by atoms with van der Waals surface area (Å²) in [5.41, 5.74) is 2.34. The topological polar surface area (TPSA) is 150 Å². The van der Waals surface area contributed by atoms with Crippen LogP contribution >= 0.6 is 0 Å². The smallest absolute Gasteiger partial charge is 0.330 e. The van der Waals surface area contributed by atoms with E-state index in [1.54, 1.807) is 36.4 Å². The number of methoxy groups -OCH3 is 5. The van der Waals surface area contributed by atoms with Crippen molar-refractivity contribution in [3.8, 4) is 45.6 Å². The molecule has 1 heterocycles. The molecule has 11 nitrogen and oxygen atoms in total. The summed E-state index contributed by atoms with van der Waals surface area (Å²) in [5, 5.41) is 31.5. The average molecular weight is 593 g/mol. The highest BCUT2D eigenvalue weighted by molar-refractivity contribution is 5.89. The van der Waals surface area contributed by atoms with E-state index in [1.807, 2.05) is 0 Å². The number of aliphatic hydroxyl groups excluding tert-OH is 1. The molecule has 0 aromatic heterocycles. The monoisotopic (exact) mass is 592 g/mol. The first-order valence-corrected chi connectivity index (χ1v) is 13.0. The lowest BCUT2D eigenvalue weighted by Gasteiger charge is -2.21. The van der Waals surface area contributed by atoms with Gasteiger partial charge in [0, 0.05) is 22.8 Å². The highest BCUT2D eigenvalue weighted by Crippen LogP contribution is 2.54. The van der Waals surface area contributed by atoms with Gasteiger partial charge in [-0.3, -0.25) is 4.79 Å². The van der Waals surface area contributed by atoms with E-state index in [0.29, 0.717) is 33.8 Å². The van der Waals surface area contributed by atoms with Gasteiger partial charge in [0.15, 0.2) is 34.5 Å². The maximum absolute atomic E-state index is 13.2. The van der Waals surface area contributed by atoms with Crippen molar-refractivity contribution in [2.24, 2.45) is 0 Å². The maximum atomic E-state index is 13.2. The minimum Gasteiger partial charge on any atom is -0.504 e. The van der Waals surface area contributed by atoms with Crippen LogP contribution in [0.5, 0.6) is 34.5 Å². The van der Waals surface area contributed by atoms with Crippen LogP contribution in [0, 0.1) is 0 Å². The zero-order chi connectivity index (χ0) is 31.3. The Balaban J connectivity index is 1.92. The van der Waals surface area contributed by atoms with Crippen LogP contribution in [0.3, 0.4) is 0 Å². The fourth-order valence-corrected chi connectivity index (χ4v) is 4.91. The molecule has 1 aliphatic heterocycles. The first-order chi connectivity index (χ1) is 20.7. The summed E-state index contributed by atoms with van der Waals surface area (Å²) in [6.07, 6.45) is 4.95. The fourth-order valence-electron chi connectivity index (χ4n) is 4.91. The summed E-state index contributed by atoms with van der Waals surface area (Å²) in [7, 11) is 6.72. The van der Waals surface area contributed by atoms with Gasteiger partial charge in [-0.2, -0.15) is 0 Å². The summed E-state index contributed by atoms with van der Waals surface area (Å²) in [6.45, 7) is -0.174. The molecule has 1 aliphatic rings. The lowest BCUT2D eigenvalue weighted by Crippen LogP contribution is -2.20. The number of carbonyl (C=O) groups is 2. The number of hydrogen-bond acceptors (Lipinski definition) is 11. The van der Waals surface area contributed by atoms with Gasteiger partial charge in [-0.05, 0) is 59.2 Å². The van der Waals surface area contributed by atoms with Crippen molar-refractivity contribution in [2.45, 2.75) is 12.0 Å². The van der Waals surface area contributed by atoms with Crippen molar-refractivity contribution in [1.82, 2.24) is 0 Å². The van der Waals surface area contributed by atoms with Crippen molar-refractivity contribution in [1.29, 1.82) is 0 Å². The Kier molecular flexibility index (Phi) is 9.46. The van der Waals surface area contributed by atoms with Crippen LogP contribution < -0.4 is 18.9 Å². The van der Waals surface area contributed by atoms with E-state index in [-0.39, 0.29) is 40.7 Å². The number of ether oxygens (including phenoxy) is 6. The third-order valence-corrected chi connectivity index (χ3v) is 6.95. The van der Waals surface area contributed by atoms with Gasteiger partial charge in [-0.25, -0.2) is 4.79 Å². The number of aromatic hydroxyl groups is 2. The average Bonchev–Trinajstić information content (AvgIpc) is 3.42. The van der Waals surface area contributed by atoms with Crippen molar-refractivity contribution in [3.05, 3.63) is 70.8 Å². The molecular formula is C32H32O11. The lowest BCUT2D eigenvalue weighted by molar-refractivity contribution is -0.144. The molecule has 0 amide bonds. The number of carbonyl (C=O) groups excluding carboxylic acids is 2. The molecule has 0 aliphatic carbocycles. The van der Waals surface area contributed by atoms with Crippen molar-refractivity contribution < 1.29 is 53.3 Å². The SMILES string of the molecule is COC(=O)/C=C/c1cc(OC)c(O)c(-c2cc([C@@H]3Oc4c(OC)cc(/C=C/CO)cc4[C@H]3C(=O)OC)cc(OC)c2O)c1. The molecule has 43 heavy (non-hydrogen) atoms. The number of esters is 2.